The van der Waals surface area contributed by atoms with Gasteiger partial charge in [0, 0.05) is 12.7 Å². The summed E-state index contributed by atoms with van der Waals surface area (Å²) >= 11 is 0. The van der Waals surface area contributed by atoms with Crippen LogP contribution in [0.2, 0.25) is 0 Å². The lowest BCUT2D eigenvalue weighted by atomic mass is 10.1. The highest BCUT2D eigenvalue weighted by molar-refractivity contribution is 5.17. The molecule has 0 amide bonds. The predicted molar refractivity (Wildman–Crippen MR) is 69.4 cm³/mol. The van der Waals surface area contributed by atoms with Crippen LogP contribution in [-0.2, 0) is 6.54 Å². The first-order valence-electron chi connectivity index (χ1n) is 6.45. The normalized spacial score (nSPS) is 10.6. The molecule has 0 saturated heterocycles. The van der Waals surface area contributed by atoms with E-state index in [2.05, 4.69) is 30.2 Å². The average molecular weight is 220 g/mol. The van der Waals surface area contributed by atoms with Gasteiger partial charge in [0.05, 0.1) is 5.69 Å². The highest BCUT2D eigenvalue weighted by Gasteiger charge is 1.97. The molecule has 0 aliphatic rings. The van der Waals surface area contributed by atoms with Crippen molar-refractivity contribution in [2.75, 3.05) is 6.54 Å². The molecular weight excluding hydrogens is 196 g/mol. The molecule has 0 atom stereocenters. The second-order valence-electron chi connectivity index (χ2n) is 4.36. The van der Waals surface area contributed by atoms with E-state index in [-0.39, 0.29) is 0 Å². The van der Waals surface area contributed by atoms with Crippen LogP contribution in [0.1, 0.15) is 50.3 Å². The molecule has 0 spiro atoms. The van der Waals surface area contributed by atoms with Gasteiger partial charge in [-0.25, -0.2) is 0 Å². The summed E-state index contributed by atoms with van der Waals surface area (Å²) in [6.45, 7) is 6.38. The summed E-state index contributed by atoms with van der Waals surface area (Å²) in [7, 11) is 0. The lowest BCUT2D eigenvalue weighted by molar-refractivity contribution is 0.579. The van der Waals surface area contributed by atoms with E-state index in [0.29, 0.717) is 0 Å². The molecule has 0 aliphatic carbocycles. The van der Waals surface area contributed by atoms with Crippen molar-refractivity contribution in [2.45, 2.75) is 52.5 Å². The summed E-state index contributed by atoms with van der Waals surface area (Å²) < 4.78 is 0. The van der Waals surface area contributed by atoms with Gasteiger partial charge in [0.25, 0.3) is 0 Å². The Balaban J connectivity index is 2.05. The van der Waals surface area contributed by atoms with E-state index in [1.165, 1.54) is 43.4 Å². The Kier molecular flexibility index (Phi) is 6.82. The van der Waals surface area contributed by atoms with Crippen LogP contribution in [0, 0.1) is 6.92 Å². The Labute approximate surface area is 99.5 Å². The van der Waals surface area contributed by atoms with Crippen LogP contribution in [0.15, 0.2) is 18.3 Å². The van der Waals surface area contributed by atoms with Crippen LogP contribution in [0.3, 0.4) is 0 Å². The molecule has 0 aromatic carbocycles. The Morgan fingerprint density at radius 3 is 2.75 bits per heavy atom. The predicted octanol–water partition coefficient (Wildman–Crippen LogP) is 3.45. The third-order valence-corrected chi connectivity index (χ3v) is 2.87. The molecule has 0 fully saturated rings. The topological polar surface area (TPSA) is 24.9 Å². The smallest absolute Gasteiger partial charge is 0.0570 e. The summed E-state index contributed by atoms with van der Waals surface area (Å²) in [6.07, 6.45) is 8.57. The Hall–Kier alpha value is -0.890. The Bertz CT molecular complexity index is 284. The number of aromatic nitrogens is 1. The van der Waals surface area contributed by atoms with E-state index in [0.717, 1.165) is 13.1 Å². The van der Waals surface area contributed by atoms with Gasteiger partial charge >= 0.3 is 0 Å². The molecule has 16 heavy (non-hydrogen) atoms. The van der Waals surface area contributed by atoms with E-state index in [4.69, 9.17) is 0 Å². The SMILES string of the molecule is CCCCCCCNCc1ncccc1C. The second-order valence-corrected chi connectivity index (χ2v) is 4.36. The standard InChI is InChI=1S/C14H24N2/c1-3-4-5-6-7-10-15-12-14-13(2)9-8-11-16-14/h8-9,11,15H,3-7,10,12H2,1-2H3. The van der Waals surface area contributed by atoms with Crippen molar-refractivity contribution in [2.24, 2.45) is 0 Å². The van der Waals surface area contributed by atoms with Gasteiger partial charge in [-0.2, -0.15) is 0 Å². The van der Waals surface area contributed by atoms with Crippen LogP contribution >= 0.6 is 0 Å². The first-order chi connectivity index (χ1) is 7.84. The quantitative estimate of drug-likeness (QED) is 0.679. The van der Waals surface area contributed by atoms with Gasteiger partial charge in [-0.05, 0) is 31.5 Å². The van der Waals surface area contributed by atoms with Crippen molar-refractivity contribution in [3.63, 3.8) is 0 Å². The molecule has 0 bridgehead atoms. The highest BCUT2D eigenvalue weighted by atomic mass is 14.9. The number of pyridine rings is 1. The van der Waals surface area contributed by atoms with Crippen LogP contribution in [0.5, 0.6) is 0 Å². The lowest BCUT2D eigenvalue weighted by Crippen LogP contribution is -2.16. The lowest BCUT2D eigenvalue weighted by Gasteiger charge is -2.06. The fourth-order valence-corrected chi connectivity index (χ4v) is 1.76. The van der Waals surface area contributed by atoms with Crippen LogP contribution in [0.4, 0.5) is 0 Å². The number of hydrogen-bond donors (Lipinski definition) is 1. The van der Waals surface area contributed by atoms with Crippen LogP contribution in [0.25, 0.3) is 0 Å². The number of aryl methyl sites for hydroxylation is 1. The van der Waals surface area contributed by atoms with Crippen molar-refractivity contribution in [1.82, 2.24) is 10.3 Å². The van der Waals surface area contributed by atoms with Gasteiger partial charge in [0.1, 0.15) is 0 Å². The minimum atomic E-state index is 0.903. The van der Waals surface area contributed by atoms with Crippen molar-refractivity contribution < 1.29 is 0 Å². The molecule has 0 radical (unpaired) electrons. The summed E-state index contributed by atoms with van der Waals surface area (Å²) in [5.74, 6) is 0. The van der Waals surface area contributed by atoms with Gasteiger partial charge in [-0.15, -0.1) is 0 Å². The van der Waals surface area contributed by atoms with Crippen molar-refractivity contribution in [1.29, 1.82) is 0 Å². The maximum Gasteiger partial charge on any atom is 0.0570 e. The Morgan fingerprint density at radius 2 is 2.00 bits per heavy atom. The average Bonchev–Trinajstić information content (AvgIpc) is 2.30. The minimum absolute atomic E-state index is 0.903. The van der Waals surface area contributed by atoms with Gasteiger partial charge in [0.2, 0.25) is 0 Å². The van der Waals surface area contributed by atoms with Crippen LogP contribution in [-0.4, -0.2) is 11.5 Å². The van der Waals surface area contributed by atoms with Crippen molar-refractivity contribution in [3.8, 4) is 0 Å². The molecule has 2 heteroatoms. The van der Waals surface area contributed by atoms with Gasteiger partial charge in [-0.3, -0.25) is 4.98 Å². The molecule has 0 saturated carbocycles. The molecule has 0 unspecified atom stereocenters. The fraction of sp³-hybridized carbons (Fsp3) is 0.643. The first-order valence-corrected chi connectivity index (χ1v) is 6.45. The number of hydrogen-bond acceptors (Lipinski definition) is 2. The summed E-state index contributed by atoms with van der Waals surface area (Å²) in [6, 6.07) is 4.11. The van der Waals surface area contributed by atoms with Gasteiger partial charge in [-0.1, -0.05) is 38.7 Å². The molecule has 2 nitrogen and oxygen atoms in total. The zero-order valence-electron chi connectivity index (χ0n) is 10.6. The maximum atomic E-state index is 4.36. The molecule has 90 valence electrons. The van der Waals surface area contributed by atoms with E-state index in [1.807, 2.05) is 12.3 Å². The van der Waals surface area contributed by atoms with E-state index in [1.54, 1.807) is 0 Å². The molecule has 1 N–H and O–H groups in total. The number of nitrogens with one attached hydrogen (secondary N) is 1. The molecule has 1 heterocycles. The van der Waals surface area contributed by atoms with Crippen molar-refractivity contribution >= 4 is 0 Å². The molecule has 1 aromatic rings. The van der Waals surface area contributed by atoms with Gasteiger partial charge < -0.3 is 5.32 Å². The van der Waals surface area contributed by atoms with Crippen molar-refractivity contribution in [3.05, 3.63) is 29.6 Å². The first kappa shape index (κ1) is 13.2. The Morgan fingerprint density at radius 1 is 1.19 bits per heavy atom. The summed E-state index contributed by atoms with van der Waals surface area (Å²) in [5, 5.41) is 3.46. The van der Waals surface area contributed by atoms with E-state index >= 15 is 0 Å². The van der Waals surface area contributed by atoms with E-state index in [9.17, 15) is 0 Å². The monoisotopic (exact) mass is 220 g/mol. The number of unbranched alkanes of at least 4 members (excludes halogenated alkanes) is 4. The molecule has 0 aliphatic heterocycles. The number of nitrogens with zero attached hydrogens (tertiary/aromatic N) is 1. The fourth-order valence-electron chi connectivity index (χ4n) is 1.76. The maximum absolute atomic E-state index is 4.36. The molecule has 1 aromatic heterocycles. The second kappa shape index (κ2) is 8.28. The zero-order valence-corrected chi connectivity index (χ0v) is 10.6. The highest BCUT2D eigenvalue weighted by Crippen LogP contribution is 2.03. The number of rotatable bonds is 8. The molecule has 1 rings (SSSR count). The van der Waals surface area contributed by atoms with Crippen LogP contribution < -0.4 is 5.32 Å². The molecular formula is C14H24N2. The third kappa shape index (κ3) is 5.26. The largest absolute Gasteiger partial charge is 0.311 e. The third-order valence-electron chi connectivity index (χ3n) is 2.87. The summed E-state index contributed by atoms with van der Waals surface area (Å²) in [5.41, 5.74) is 2.46. The minimum Gasteiger partial charge on any atom is -0.311 e. The summed E-state index contributed by atoms with van der Waals surface area (Å²) in [4.78, 5) is 4.36. The zero-order chi connectivity index (χ0) is 11.6. The van der Waals surface area contributed by atoms with Gasteiger partial charge in [0.15, 0.2) is 0 Å². The van der Waals surface area contributed by atoms with E-state index < -0.39 is 0 Å².